The lowest BCUT2D eigenvalue weighted by Crippen LogP contribution is -2.41. The van der Waals surface area contributed by atoms with Gasteiger partial charge < -0.3 is 9.67 Å². The van der Waals surface area contributed by atoms with Crippen LogP contribution in [0.5, 0.6) is 0 Å². The number of rotatable bonds is 4. The molecule has 0 amide bonds. The van der Waals surface area contributed by atoms with Crippen LogP contribution in [0.1, 0.15) is 5.56 Å². The smallest absolute Gasteiger partial charge is 0.250 e. The molecule has 0 spiro atoms. The molecule has 0 atom stereocenters. The van der Waals surface area contributed by atoms with Crippen molar-refractivity contribution in [1.29, 1.82) is 0 Å². The van der Waals surface area contributed by atoms with E-state index in [1.54, 1.807) is 34.9 Å². The Morgan fingerprint density at radius 1 is 1.26 bits per heavy atom. The van der Waals surface area contributed by atoms with Gasteiger partial charge in [0.25, 0.3) is 5.16 Å². The molecular formula is C14H16N5O3S+. The molecule has 3 aromatic heterocycles. The van der Waals surface area contributed by atoms with E-state index >= 15 is 0 Å². The second-order valence-corrected chi connectivity index (χ2v) is 7.05. The Morgan fingerprint density at radius 3 is 2.57 bits per heavy atom. The van der Waals surface area contributed by atoms with Crippen LogP contribution in [0.15, 0.2) is 41.9 Å². The zero-order valence-electron chi connectivity index (χ0n) is 12.6. The number of nitrogens with zero attached hydrogens (tertiary/aromatic N) is 4. The highest BCUT2D eigenvalue weighted by atomic mass is 32.2. The van der Waals surface area contributed by atoms with Crippen molar-refractivity contribution in [3.8, 4) is 0 Å². The maximum Gasteiger partial charge on any atom is 0.250 e. The van der Waals surface area contributed by atoms with Crippen LogP contribution in [-0.4, -0.2) is 34.3 Å². The van der Waals surface area contributed by atoms with Gasteiger partial charge in [-0.15, -0.1) is 5.43 Å². The number of hydrogen-bond donors (Lipinski definition) is 2. The van der Waals surface area contributed by atoms with Gasteiger partial charge in [-0.25, -0.2) is 8.42 Å². The minimum atomic E-state index is -3.57. The third-order valence-electron chi connectivity index (χ3n) is 3.33. The fraction of sp³-hybridized carbons (Fsp3) is 0.214. The Bertz CT molecular complexity index is 967. The highest BCUT2D eigenvalue weighted by molar-refractivity contribution is 7.90. The van der Waals surface area contributed by atoms with Gasteiger partial charge in [0.2, 0.25) is 9.84 Å². The van der Waals surface area contributed by atoms with Gasteiger partial charge in [0.05, 0.1) is 12.0 Å². The van der Waals surface area contributed by atoms with Gasteiger partial charge >= 0.3 is 0 Å². The highest BCUT2D eigenvalue weighted by Crippen LogP contribution is 2.26. The van der Waals surface area contributed by atoms with E-state index in [0.29, 0.717) is 22.4 Å². The molecular weight excluding hydrogens is 318 g/mol. The van der Waals surface area contributed by atoms with Crippen molar-refractivity contribution in [2.24, 2.45) is 7.05 Å². The van der Waals surface area contributed by atoms with Gasteiger partial charge in [-0.3, -0.25) is 0 Å². The summed E-state index contributed by atoms with van der Waals surface area (Å²) in [5.41, 5.74) is 4.07. The first-order valence-electron chi connectivity index (χ1n) is 6.80. The largest absolute Gasteiger partial charge is 0.392 e. The Balaban J connectivity index is 2.28. The molecule has 0 radical (unpaired) electrons. The molecule has 120 valence electrons. The van der Waals surface area contributed by atoms with Crippen molar-refractivity contribution in [1.82, 2.24) is 14.5 Å². The van der Waals surface area contributed by atoms with Crippen LogP contribution in [-0.2, 0) is 23.5 Å². The number of aromatic nitrogens is 4. The van der Waals surface area contributed by atoms with Crippen molar-refractivity contribution in [3.63, 3.8) is 0 Å². The second kappa shape index (κ2) is 5.60. The van der Waals surface area contributed by atoms with Gasteiger partial charge in [0.15, 0.2) is 18.2 Å². The van der Waals surface area contributed by atoms with Crippen LogP contribution in [0.2, 0.25) is 0 Å². The van der Waals surface area contributed by atoms with Gasteiger partial charge in [-0.1, -0.05) is 10.7 Å². The summed E-state index contributed by atoms with van der Waals surface area (Å²) in [5, 5.41) is 9.86. The number of anilines is 1. The molecule has 0 fully saturated rings. The second-order valence-electron chi connectivity index (χ2n) is 5.14. The number of aliphatic hydroxyl groups is 1. The molecule has 9 heteroatoms. The number of pyridine rings is 1. The molecule has 8 nitrogen and oxygen atoms in total. The summed E-state index contributed by atoms with van der Waals surface area (Å²) in [7, 11) is -1.83. The van der Waals surface area contributed by atoms with Crippen molar-refractivity contribution in [2.45, 2.75) is 11.8 Å². The van der Waals surface area contributed by atoms with Crippen LogP contribution in [0, 0.1) is 0 Å². The summed E-state index contributed by atoms with van der Waals surface area (Å²) >= 11 is 0. The fourth-order valence-corrected chi connectivity index (χ4v) is 2.81. The van der Waals surface area contributed by atoms with E-state index < -0.39 is 9.84 Å². The average Bonchev–Trinajstić information content (AvgIpc) is 2.84. The molecule has 0 aliphatic rings. The molecule has 3 aromatic rings. The number of fused-ring (bicyclic) bond motifs is 1. The zero-order chi connectivity index (χ0) is 16.6. The Morgan fingerprint density at radius 2 is 1.96 bits per heavy atom. The molecule has 0 aliphatic carbocycles. The predicted molar refractivity (Wildman–Crippen MR) is 83.2 cm³/mol. The predicted octanol–water partition coefficient (Wildman–Crippen LogP) is 0.0268. The molecule has 0 saturated heterocycles. The maximum atomic E-state index is 11.9. The van der Waals surface area contributed by atoms with E-state index in [0.717, 1.165) is 6.26 Å². The number of aliphatic hydroxyl groups excluding tert-OH is 1. The van der Waals surface area contributed by atoms with Gasteiger partial charge in [0, 0.05) is 37.2 Å². The first-order valence-corrected chi connectivity index (χ1v) is 8.69. The molecule has 0 aliphatic heterocycles. The summed E-state index contributed by atoms with van der Waals surface area (Å²) in [4.78, 5) is 8.25. The van der Waals surface area contributed by atoms with Crippen molar-refractivity contribution in [2.75, 3.05) is 11.7 Å². The van der Waals surface area contributed by atoms with Crippen LogP contribution in [0.25, 0.3) is 11.0 Å². The number of hydrogen-bond acceptors (Lipinski definition) is 6. The standard InChI is InChI=1S/C14H16N5O3S/c1-18-8-10(9-20)11-12(17-19-6-4-3-5-7-19)15-14(16-13(11)18)23(2,21)22/h3-8,20H,9H2,1-2H3,(H,15,16,17)/q+1. The summed E-state index contributed by atoms with van der Waals surface area (Å²) in [6.07, 6.45) is 6.28. The average molecular weight is 334 g/mol. The van der Waals surface area contributed by atoms with E-state index in [-0.39, 0.29) is 11.8 Å². The van der Waals surface area contributed by atoms with Crippen LogP contribution >= 0.6 is 0 Å². The van der Waals surface area contributed by atoms with Gasteiger partial charge in [-0.2, -0.15) is 9.97 Å². The SMILES string of the molecule is Cn1cc(CO)c2c(N[n+]3ccccc3)nc(S(C)(=O)=O)nc21. The Hall–Kier alpha value is -2.52. The van der Waals surface area contributed by atoms with E-state index in [2.05, 4.69) is 15.4 Å². The normalized spacial score (nSPS) is 11.8. The Kier molecular flexibility index (Phi) is 3.74. The van der Waals surface area contributed by atoms with Crippen LogP contribution < -0.4 is 10.1 Å². The first-order chi connectivity index (χ1) is 10.9. The first kappa shape index (κ1) is 15.4. The fourth-order valence-electron chi connectivity index (χ4n) is 2.30. The molecule has 0 bridgehead atoms. The van der Waals surface area contributed by atoms with Gasteiger partial charge in [-0.05, 0) is 0 Å². The number of nitrogens with one attached hydrogen (secondary N) is 1. The minimum Gasteiger partial charge on any atom is -0.392 e. The maximum absolute atomic E-state index is 11.9. The lowest BCUT2D eigenvalue weighted by molar-refractivity contribution is -0.643. The topological polar surface area (TPSA) is 101 Å². The highest BCUT2D eigenvalue weighted by Gasteiger charge is 2.21. The summed E-state index contributed by atoms with van der Waals surface area (Å²) in [6, 6.07) is 5.50. The Labute approximate surface area is 132 Å². The van der Waals surface area contributed by atoms with Crippen LogP contribution in [0.3, 0.4) is 0 Å². The minimum absolute atomic E-state index is 0.201. The number of sulfone groups is 1. The third kappa shape index (κ3) is 2.88. The molecule has 0 aromatic carbocycles. The van der Waals surface area contributed by atoms with E-state index in [1.165, 1.54) is 0 Å². The number of aryl methyl sites for hydroxylation is 1. The molecule has 23 heavy (non-hydrogen) atoms. The van der Waals surface area contributed by atoms with Crippen LogP contribution in [0.4, 0.5) is 5.82 Å². The third-order valence-corrected chi connectivity index (χ3v) is 4.17. The molecule has 0 unspecified atom stereocenters. The van der Waals surface area contributed by atoms with E-state index in [1.807, 2.05) is 18.2 Å². The van der Waals surface area contributed by atoms with E-state index in [4.69, 9.17) is 0 Å². The zero-order valence-corrected chi connectivity index (χ0v) is 13.4. The lowest BCUT2D eigenvalue weighted by atomic mass is 10.2. The quantitative estimate of drug-likeness (QED) is 0.515. The molecule has 0 saturated carbocycles. The van der Waals surface area contributed by atoms with E-state index in [9.17, 15) is 13.5 Å². The summed E-state index contributed by atoms with van der Waals surface area (Å²) < 4.78 is 27.0. The molecule has 2 N–H and O–H groups in total. The summed E-state index contributed by atoms with van der Waals surface area (Å²) in [5.74, 6) is 0.316. The van der Waals surface area contributed by atoms with Crippen molar-refractivity contribution < 1.29 is 18.2 Å². The van der Waals surface area contributed by atoms with Crippen molar-refractivity contribution in [3.05, 3.63) is 42.4 Å². The molecule has 3 rings (SSSR count). The van der Waals surface area contributed by atoms with Gasteiger partial charge in [0.1, 0.15) is 5.65 Å². The summed E-state index contributed by atoms with van der Waals surface area (Å²) in [6.45, 7) is -0.201. The monoisotopic (exact) mass is 334 g/mol. The van der Waals surface area contributed by atoms with Crippen molar-refractivity contribution >= 4 is 26.7 Å². The molecule has 3 heterocycles. The lowest BCUT2D eigenvalue weighted by Gasteiger charge is -2.06.